The van der Waals surface area contributed by atoms with Crippen LogP contribution in [0.1, 0.15) is 41.6 Å². The normalized spacial score (nSPS) is 15.6. The van der Waals surface area contributed by atoms with E-state index in [4.69, 9.17) is 16.3 Å². The largest absolute Gasteiger partial charge is 0.468 e. The lowest BCUT2D eigenvalue weighted by atomic mass is 9.79. The highest BCUT2D eigenvalue weighted by Crippen LogP contribution is 2.42. The summed E-state index contributed by atoms with van der Waals surface area (Å²) in [6, 6.07) is 10.6. The van der Waals surface area contributed by atoms with E-state index in [1.54, 1.807) is 24.3 Å². The monoisotopic (exact) mass is 358 g/mol. The van der Waals surface area contributed by atoms with Gasteiger partial charge in [0, 0.05) is 11.9 Å². The number of amides is 1. The molecule has 1 fully saturated rings. The smallest absolute Gasteiger partial charge is 0.316 e. The van der Waals surface area contributed by atoms with Crippen molar-refractivity contribution in [1.29, 1.82) is 0 Å². The third-order valence-electron chi connectivity index (χ3n) is 4.73. The van der Waals surface area contributed by atoms with Crippen LogP contribution in [0.5, 0.6) is 0 Å². The quantitative estimate of drug-likeness (QED) is 0.663. The minimum Gasteiger partial charge on any atom is -0.468 e. The van der Waals surface area contributed by atoms with Gasteiger partial charge in [-0.1, -0.05) is 36.6 Å². The molecule has 1 amide bonds. The van der Waals surface area contributed by atoms with Crippen LogP contribution in [0.3, 0.4) is 0 Å². The molecule has 1 heterocycles. The molecule has 0 spiro atoms. The Labute approximate surface area is 151 Å². The number of hydrogen-bond donors (Lipinski definition) is 1. The van der Waals surface area contributed by atoms with Crippen LogP contribution < -0.4 is 5.32 Å². The second kappa shape index (κ2) is 7.23. The average molecular weight is 359 g/mol. The predicted molar refractivity (Wildman–Crippen MR) is 95.8 cm³/mol. The van der Waals surface area contributed by atoms with Gasteiger partial charge in [0.25, 0.3) is 5.91 Å². The van der Waals surface area contributed by atoms with E-state index in [0.29, 0.717) is 11.3 Å². The van der Waals surface area contributed by atoms with Crippen LogP contribution >= 0.6 is 11.6 Å². The molecule has 0 radical (unpaired) electrons. The molecule has 25 heavy (non-hydrogen) atoms. The fourth-order valence-electron chi connectivity index (χ4n) is 3.41. The van der Waals surface area contributed by atoms with Crippen molar-refractivity contribution in [3.8, 4) is 0 Å². The van der Waals surface area contributed by atoms with Crippen molar-refractivity contribution >= 4 is 29.2 Å². The lowest BCUT2D eigenvalue weighted by molar-refractivity contribution is -0.147. The molecule has 1 saturated carbocycles. The third kappa shape index (κ3) is 3.37. The van der Waals surface area contributed by atoms with Gasteiger partial charge in [0.2, 0.25) is 0 Å². The number of rotatable bonds is 4. The first-order valence-corrected chi connectivity index (χ1v) is 8.55. The van der Waals surface area contributed by atoms with E-state index in [1.807, 2.05) is 12.1 Å². The van der Waals surface area contributed by atoms with E-state index in [9.17, 15) is 9.59 Å². The first kappa shape index (κ1) is 17.4. The molecule has 3 rings (SSSR count). The summed E-state index contributed by atoms with van der Waals surface area (Å²) in [5, 5.41) is 2.95. The number of carbonyl (C=O) groups excluding carboxylic acids is 2. The Balaban J connectivity index is 1.79. The van der Waals surface area contributed by atoms with Crippen LogP contribution in [0.15, 0.2) is 42.6 Å². The van der Waals surface area contributed by atoms with Gasteiger partial charge in [0.05, 0.1) is 18.1 Å². The van der Waals surface area contributed by atoms with Crippen molar-refractivity contribution in [2.45, 2.75) is 31.1 Å². The van der Waals surface area contributed by atoms with Crippen LogP contribution in [0.2, 0.25) is 5.15 Å². The highest BCUT2D eigenvalue weighted by atomic mass is 35.5. The number of halogens is 1. The van der Waals surface area contributed by atoms with Crippen molar-refractivity contribution in [3.63, 3.8) is 0 Å². The zero-order valence-corrected chi connectivity index (χ0v) is 14.7. The number of hydrogen-bond acceptors (Lipinski definition) is 4. The van der Waals surface area contributed by atoms with Crippen molar-refractivity contribution in [1.82, 2.24) is 4.98 Å². The zero-order chi connectivity index (χ0) is 17.9. The molecule has 1 N–H and O–H groups in total. The number of nitrogens with one attached hydrogen (secondary N) is 1. The summed E-state index contributed by atoms with van der Waals surface area (Å²) in [6.07, 6.45) is 5.12. The van der Waals surface area contributed by atoms with E-state index in [0.717, 1.165) is 31.2 Å². The molecule has 0 unspecified atom stereocenters. The van der Waals surface area contributed by atoms with Crippen molar-refractivity contribution in [2.24, 2.45) is 0 Å². The van der Waals surface area contributed by atoms with Gasteiger partial charge in [0.1, 0.15) is 5.15 Å². The minimum absolute atomic E-state index is 0.159. The van der Waals surface area contributed by atoms with E-state index in [2.05, 4.69) is 10.3 Å². The fourth-order valence-corrected chi connectivity index (χ4v) is 3.62. The van der Waals surface area contributed by atoms with Gasteiger partial charge in [-0.05, 0) is 42.7 Å². The van der Waals surface area contributed by atoms with Crippen LogP contribution in [-0.2, 0) is 14.9 Å². The lowest BCUT2D eigenvalue weighted by Gasteiger charge is -2.26. The van der Waals surface area contributed by atoms with Crippen molar-refractivity contribution < 1.29 is 14.3 Å². The molecule has 1 aromatic heterocycles. The van der Waals surface area contributed by atoms with Gasteiger partial charge >= 0.3 is 5.97 Å². The van der Waals surface area contributed by atoms with Gasteiger partial charge in [0.15, 0.2) is 0 Å². The summed E-state index contributed by atoms with van der Waals surface area (Å²) in [7, 11) is 1.43. The molecule has 0 atom stereocenters. The summed E-state index contributed by atoms with van der Waals surface area (Å²) in [5.41, 5.74) is 1.31. The minimum atomic E-state index is -0.566. The average Bonchev–Trinajstić information content (AvgIpc) is 3.13. The van der Waals surface area contributed by atoms with Crippen LogP contribution in [-0.4, -0.2) is 24.0 Å². The summed E-state index contributed by atoms with van der Waals surface area (Å²) in [5.74, 6) is -0.515. The Morgan fingerprint density at radius 3 is 2.44 bits per heavy atom. The molecular weight excluding hydrogens is 340 g/mol. The van der Waals surface area contributed by atoms with E-state index in [-0.39, 0.29) is 17.0 Å². The Bertz CT molecular complexity index is 784. The Morgan fingerprint density at radius 1 is 1.16 bits per heavy atom. The Kier molecular flexibility index (Phi) is 5.04. The molecule has 1 aromatic carbocycles. The number of ether oxygens (including phenoxy) is 1. The number of pyridine rings is 1. The maximum Gasteiger partial charge on any atom is 0.316 e. The Hall–Kier alpha value is -2.40. The third-order valence-corrected chi connectivity index (χ3v) is 5.03. The standard InChI is InChI=1S/C19H19ClN2O3/c1-25-18(24)19(10-2-3-11-19)13-6-8-14(9-7-13)22-17(23)15-5-4-12-21-16(15)20/h4-9,12H,2-3,10-11H2,1H3,(H,22,23). The topological polar surface area (TPSA) is 68.3 Å². The molecule has 1 aliphatic carbocycles. The van der Waals surface area contributed by atoms with Gasteiger partial charge in [-0.25, -0.2) is 4.98 Å². The van der Waals surface area contributed by atoms with Crippen molar-refractivity contribution in [2.75, 3.05) is 12.4 Å². The summed E-state index contributed by atoms with van der Waals surface area (Å²) >= 11 is 5.94. The number of esters is 1. The van der Waals surface area contributed by atoms with Crippen LogP contribution in [0, 0.1) is 0 Å². The molecule has 0 saturated heterocycles. The number of benzene rings is 1. The molecule has 5 nitrogen and oxygen atoms in total. The highest BCUT2D eigenvalue weighted by molar-refractivity contribution is 6.33. The molecule has 0 bridgehead atoms. The second-order valence-electron chi connectivity index (χ2n) is 6.15. The number of methoxy groups -OCH3 is 1. The molecule has 130 valence electrons. The lowest BCUT2D eigenvalue weighted by Crippen LogP contribution is -2.34. The predicted octanol–water partition coefficient (Wildman–Crippen LogP) is 3.97. The van der Waals surface area contributed by atoms with Gasteiger partial charge in [-0.15, -0.1) is 0 Å². The van der Waals surface area contributed by atoms with Gasteiger partial charge in [-0.2, -0.15) is 0 Å². The maximum atomic E-state index is 12.3. The van der Waals surface area contributed by atoms with Crippen molar-refractivity contribution in [3.05, 3.63) is 58.9 Å². The van der Waals surface area contributed by atoms with E-state index < -0.39 is 5.41 Å². The van der Waals surface area contributed by atoms with E-state index in [1.165, 1.54) is 13.3 Å². The zero-order valence-electron chi connectivity index (χ0n) is 13.9. The van der Waals surface area contributed by atoms with Crippen LogP contribution in [0.4, 0.5) is 5.69 Å². The molecule has 1 aliphatic rings. The SMILES string of the molecule is COC(=O)C1(c2ccc(NC(=O)c3cccnc3Cl)cc2)CCCC1. The van der Waals surface area contributed by atoms with Gasteiger partial charge in [-0.3, -0.25) is 9.59 Å². The summed E-state index contributed by atoms with van der Waals surface area (Å²) in [4.78, 5) is 28.5. The molecule has 6 heteroatoms. The Morgan fingerprint density at radius 2 is 1.84 bits per heavy atom. The number of aromatic nitrogens is 1. The van der Waals surface area contributed by atoms with Crippen LogP contribution in [0.25, 0.3) is 0 Å². The number of nitrogens with zero attached hydrogens (tertiary/aromatic N) is 1. The van der Waals surface area contributed by atoms with E-state index >= 15 is 0 Å². The number of anilines is 1. The second-order valence-corrected chi connectivity index (χ2v) is 6.51. The van der Waals surface area contributed by atoms with Gasteiger partial charge < -0.3 is 10.1 Å². The maximum absolute atomic E-state index is 12.3. The highest BCUT2D eigenvalue weighted by Gasteiger charge is 2.43. The summed E-state index contributed by atoms with van der Waals surface area (Å²) < 4.78 is 5.03. The fraction of sp³-hybridized carbons (Fsp3) is 0.316. The molecule has 0 aliphatic heterocycles. The summed E-state index contributed by atoms with van der Waals surface area (Å²) in [6.45, 7) is 0. The first-order valence-electron chi connectivity index (χ1n) is 8.18. The first-order chi connectivity index (χ1) is 12.1. The molecular formula is C19H19ClN2O3. The number of carbonyl (C=O) groups is 2. The molecule has 2 aromatic rings.